The van der Waals surface area contributed by atoms with Crippen LogP contribution in [-0.4, -0.2) is 21.5 Å². The van der Waals surface area contributed by atoms with Crippen LogP contribution in [0.15, 0.2) is 36.7 Å². The fourth-order valence-corrected chi connectivity index (χ4v) is 3.12. The van der Waals surface area contributed by atoms with E-state index < -0.39 is 0 Å². The highest BCUT2D eigenvalue weighted by atomic mass is 35.5. The summed E-state index contributed by atoms with van der Waals surface area (Å²) in [5, 5.41) is 4.15. The van der Waals surface area contributed by atoms with Gasteiger partial charge in [0.15, 0.2) is 0 Å². The lowest BCUT2D eigenvalue weighted by Gasteiger charge is -2.30. The monoisotopic (exact) mass is 314 g/mol. The molecule has 0 saturated carbocycles. The van der Waals surface area contributed by atoms with E-state index in [2.05, 4.69) is 5.10 Å². The van der Waals surface area contributed by atoms with Crippen molar-refractivity contribution in [2.75, 3.05) is 11.8 Å². The summed E-state index contributed by atoms with van der Waals surface area (Å²) in [7, 11) is 1.89. The second-order valence-electron chi connectivity index (χ2n) is 5.08. The van der Waals surface area contributed by atoms with E-state index in [9.17, 15) is 4.39 Å². The van der Waals surface area contributed by atoms with E-state index in [1.165, 1.54) is 12.1 Å². The second-order valence-corrected chi connectivity index (χ2v) is 5.61. The predicted molar refractivity (Wildman–Crippen MR) is 81.0 cm³/mol. The third-order valence-corrected chi connectivity index (χ3v) is 4.64. The molecule has 0 fully saturated rings. The molecule has 0 aliphatic rings. The van der Waals surface area contributed by atoms with Gasteiger partial charge in [0.25, 0.3) is 0 Å². The molecule has 0 radical (unpaired) electrons. The minimum Gasteiger partial charge on any atom is -0.276 e. The molecule has 1 aromatic carbocycles. The van der Waals surface area contributed by atoms with E-state index in [1.807, 2.05) is 19.4 Å². The maximum absolute atomic E-state index is 13.1. The van der Waals surface area contributed by atoms with Gasteiger partial charge in [-0.2, -0.15) is 5.10 Å². The van der Waals surface area contributed by atoms with Crippen molar-refractivity contribution < 1.29 is 4.39 Å². The molecule has 0 amide bonds. The van der Waals surface area contributed by atoms with E-state index in [1.54, 1.807) is 16.8 Å². The lowest BCUT2D eigenvalue weighted by Crippen LogP contribution is -2.31. The average molecular weight is 315 g/mol. The first-order chi connectivity index (χ1) is 9.59. The summed E-state index contributed by atoms with van der Waals surface area (Å²) in [6, 6.07) is 6.44. The highest BCUT2D eigenvalue weighted by Crippen LogP contribution is 2.32. The molecule has 0 saturated heterocycles. The van der Waals surface area contributed by atoms with Crippen LogP contribution in [0.3, 0.4) is 0 Å². The molecule has 0 aliphatic heterocycles. The number of aromatic nitrogens is 2. The number of aryl methyl sites for hydroxylation is 2. The van der Waals surface area contributed by atoms with Gasteiger partial charge < -0.3 is 0 Å². The molecule has 1 heterocycles. The molecular weight excluding hydrogens is 298 g/mol. The quantitative estimate of drug-likeness (QED) is 0.739. The summed E-state index contributed by atoms with van der Waals surface area (Å²) in [6.07, 6.45) is 5.47. The van der Waals surface area contributed by atoms with Gasteiger partial charge in [0.2, 0.25) is 0 Å². The zero-order valence-electron chi connectivity index (χ0n) is 11.3. The Kier molecular flexibility index (Phi) is 5.06. The van der Waals surface area contributed by atoms with Crippen LogP contribution >= 0.6 is 23.2 Å². The van der Waals surface area contributed by atoms with E-state index in [0.29, 0.717) is 11.8 Å². The molecule has 2 nitrogen and oxygen atoms in total. The standard InChI is InChI=1S/C15H17Cl2FN2/c1-20-9-12(8-19-20)6-7-15(10-16,11-17)13-2-4-14(18)5-3-13/h2-5,8-9H,6-7,10-11H2,1H3. The number of hydrogen-bond donors (Lipinski definition) is 0. The molecule has 0 aliphatic carbocycles. The van der Waals surface area contributed by atoms with Crippen LogP contribution in [-0.2, 0) is 18.9 Å². The smallest absolute Gasteiger partial charge is 0.123 e. The molecule has 0 bridgehead atoms. The summed E-state index contributed by atoms with van der Waals surface area (Å²) < 4.78 is 14.8. The van der Waals surface area contributed by atoms with Crippen molar-refractivity contribution in [3.63, 3.8) is 0 Å². The van der Waals surface area contributed by atoms with Crippen molar-refractivity contribution in [2.24, 2.45) is 7.05 Å². The normalized spacial score (nSPS) is 11.8. The number of halogens is 3. The van der Waals surface area contributed by atoms with Crippen molar-refractivity contribution >= 4 is 23.2 Å². The highest BCUT2D eigenvalue weighted by Gasteiger charge is 2.30. The molecule has 20 heavy (non-hydrogen) atoms. The van der Waals surface area contributed by atoms with Crippen LogP contribution in [0.2, 0.25) is 0 Å². The van der Waals surface area contributed by atoms with E-state index in [-0.39, 0.29) is 11.2 Å². The van der Waals surface area contributed by atoms with E-state index in [4.69, 9.17) is 23.2 Å². The zero-order chi connectivity index (χ0) is 14.6. The number of benzene rings is 1. The number of nitrogens with zero attached hydrogens (tertiary/aromatic N) is 2. The Balaban J connectivity index is 2.18. The zero-order valence-corrected chi connectivity index (χ0v) is 12.8. The predicted octanol–water partition coefficient (Wildman–Crippen LogP) is 3.91. The maximum Gasteiger partial charge on any atom is 0.123 e. The minimum atomic E-state index is -0.341. The van der Waals surface area contributed by atoms with Gasteiger partial charge >= 0.3 is 0 Å². The topological polar surface area (TPSA) is 17.8 Å². The molecule has 108 valence electrons. The third-order valence-electron chi connectivity index (χ3n) is 3.62. The van der Waals surface area contributed by atoms with Crippen molar-refractivity contribution in [3.8, 4) is 0 Å². The number of hydrogen-bond acceptors (Lipinski definition) is 1. The average Bonchev–Trinajstić information content (AvgIpc) is 2.88. The van der Waals surface area contributed by atoms with E-state index >= 15 is 0 Å². The Morgan fingerprint density at radius 3 is 2.35 bits per heavy atom. The first kappa shape index (κ1) is 15.3. The molecule has 1 aromatic heterocycles. The molecule has 0 spiro atoms. The second kappa shape index (κ2) is 6.59. The first-order valence-corrected chi connectivity index (χ1v) is 7.52. The maximum atomic E-state index is 13.1. The van der Waals surface area contributed by atoms with Crippen LogP contribution < -0.4 is 0 Å². The van der Waals surface area contributed by atoms with Gasteiger partial charge in [-0.15, -0.1) is 23.2 Å². The van der Waals surface area contributed by atoms with Crippen molar-refractivity contribution in [3.05, 3.63) is 53.6 Å². The molecule has 0 unspecified atom stereocenters. The third kappa shape index (κ3) is 3.33. The van der Waals surface area contributed by atoms with Gasteiger partial charge in [-0.25, -0.2) is 4.39 Å². The minimum absolute atomic E-state index is 0.251. The van der Waals surface area contributed by atoms with Crippen LogP contribution in [0.25, 0.3) is 0 Å². The lowest BCUT2D eigenvalue weighted by molar-refractivity contribution is 0.491. The first-order valence-electron chi connectivity index (χ1n) is 6.45. The van der Waals surface area contributed by atoms with Crippen molar-refractivity contribution in [1.82, 2.24) is 9.78 Å². The Morgan fingerprint density at radius 2 is 1.85 bits per heavy atom. The molecule has 2 aromatic rings. The molecular formula is C15H17Cl2FN2. The Hall–Kier alpha value is -1.06. The largest absolute Gasteiger partial charge is 0.276 e. The number of alkyl halides is 2. The van der Waals surface area contributed by atoms with E-state index in [0.717, 1.165) is 24.0 Å². The summed E-state index contributed by atoms with van der Waals surface area (Å²) in [5.41, 5.74) is 1.79. The number of rotatable bonds is 6. The van der Waals surface area contributed by atoms with Crippen molar-refractivity contribution in [2.45, 2.75) is 18.3 Å². The fraction of sp³-hybridized carbons (Fsp3) is 0.400. The highest BCUT2D eigenvalue weighted by molar-refractivity contribution is 6.22. The Labute approximate surface area is 128 Å². The van der Waals surface area contributed by atoms with Gasteiger partial charge in [0, 0.05) is 30.4 Å². The molecule has 5 heteroatoms. The summed E-state index contributed by atoms with van der Waals surface area (Å²) in [4.78, 5) is 0. The van der Waals surface area contributed by atoms with Gasteiger partial charge in [0.05, 0.1) is 6.20 Å². The van der Waals surface area contributed by atoms with Gasteiger partial charge in [-0.05, 0) is 36.1 Å². The summed E-state index contributed by atoms with van der Waals surface area (Å²) >= 11 is 12.3. The van der Waals surface area contributed by atoms with Crippen LogP contribution in [0, 0.1) is 5.82 Å². The van der Waals surface area contributed by atoms with Gasteiger partial charge in [-0.3, -0.25) is 4.68 Å². The van der Waals surface area contributed by atoms with Crippen LogP contribution in [0.1, 0.15) is 17.5 Å². The summed E-state index contributed by atoms with van der Waals surface area (Å²) in [6.45, 7) is 0. The molecule has 0 N–H and O–H groups in total. The fourth-order valence-electron chi connectivity index (χ4n) is 2.26. The van der Waals surface area contributed by atoms with Crippen LogP contribution in [0.5, 0.6) is 0 Å². The Morgan fingerprint density at radius 1 is 1.20 bits per heavy atom. The SMILES string of the molecule is Cn1cc(CCC(CCl)(CCl)c2ccc(F)cc2)cn1. The van der Waals surface area contributed by atoms with Crippen LogP contribution in [0.4, 0.5) is 4.39 Å². The lowest BCUT2D eigenvalue weighted by atomic mass is 9.79. The van der Waals surface area contributed by atoms with Gasteiger partial charge in [0.1, 0.15) is 5.82 Å². The Bertz CT molecular complexity index is 547. The molecule has 0 atom stereocenters. The van der Waals surface area contributed by atoms with Gasteiger partial charge in [-0.1, -0.05) is 12.1 Å². The molecule has 2 rings (SSSR count). The summed E-state index contributed by atoms with van der Waals surface area (Å²) in [5.74, 6) is 0.559. The van der Waals surface area contributed by atoms with Crippen molar-refractivity contribution in [1.29, 1.82) is 0 Å².